The Labute approximate surface area is 128 Å². The maximum absolute atomic E-state index is 12.4. The quantitative estimate of drug-likeness (QED) is 0.840. The molecule has 2 saturated carbocycles. The summed E-state index contributed by atoms with van der Waals surface area (Å²) in [4.78, 5) is 27.5. The van der Waals surface area contributed by atoms with Gasteiger partial charge in [-0.05, 0) is 44.6 Å². The van der Waals surface area contributed by atoms with E-state index in [2.05, 4.69) is 10.3 Å². The summed E-state index contributed by atoms with van der Waals surface area (Å²) in [6.45, 7) is 0. The summed E-state index contributed by atoms with van der Waals surface area (Å²) < 4.78 is 5.69. The molecule has 1 heterocycles. The summed E-state index contributed by atoms with van der Waals surface area (Å²) in [5.41, 5.74) is -0.137. The Bertz CT molecular complexity index is 579. The zero-order chi connectivity index (χ0) is 15.6. The van der Waals surface area contributed by atoms with Crippen LogP contribution in [-0.4, -0.2) is 33.6 Å². The van der Waals surface area contributed by atoms with Crippen LogP contribution in [0.2, 0.25) is 0 Å². The Morgan fingerprint density at radius 1 is 1.36 bits per heavy atom. The van der Waals surface area contributed by atoms with Gasteiger partial charge in [0.05, 0.1) is 12.0 Å². The summed E-state index contributed by atoms with van der Waals surface area (Å²) in [6, 6.07) is 3.25. The highest BCUT2D eigenvalue weighted by Gasteiger charge is 2.40. The van der Waals surface area contributed by atoms with Crippen LogP contribution >= 0.6 is 0 Å². The van der Waals surface area contributed by atoms with Crippen LogP contribution in [0.15, 0.2) is 18.3 Å². The van der Waals surface area contributed by atoms with E-state index in [4.69, 9.17) is 9.84 Å². The average molecular weight is 304 g/mol. The maximum atomic E-state index is 12.4. The standard InChI is InChI=1S/C16H20N2O4/c19-14(20)10-16(6-2-7-16)18-15(21)11-5-8-17-13(9-11)22-12-3-1-4-12/h5,8-9,12H,1-4,6-7,10H2,(H,18,21)(H,19,20). The number of carbonyl (C=O) groups is 2. The zero-order valence-electron chi connectivity index (χ0n) is 12.4. The molecule has 118 valence electrons. The van der Waals surface area contributed by atoms with Crippen LogP contribution in [0, 0.1) is 0 Å². The van der Waals surface area contributed by atoms with Gasteiger partial charge in [0, 0.05) is 17.8 Å². The first-order chi connectivity index (χ1) is 10.6. The van der Waals surface area contributed by atoms with E-state index < -0.39 is 11.5 Å². The van der Waals surface area contributed by atoms with Crippen LogP contribution in [0.1, 0.15) is 55.3 Å². The van der Waals surface area contributed by atoms with Crippen molar-refractivity contribution in [2.45, 2.75) is 56.6 Å². The fraction of sp³-hybridized carbons (Fsp3) is 0.562. The van der Waals surface area contributed by atoms with Crippen molar-refractivity contribution in [3.8, 4) is 5.88 Å². The van der Waals surface area contributed by atoms with Crippen LogP contribution < -0.4 is 10.1 Å². The SMILES string of the molecule is O=C(O)CC1(NC(=O)c2ccnc(OC3CCC3)c2)CCC1. The van der Waals surface area contributed by atoms with Gasteiger partial charge in [-0.1, -0.05) is 0 Å². The van der Waals surface area contributed by atoms with Gasteiger partial charge in [-0.25, -0.2) is 4.98 Å². The van der Waals surface area contributed by atoms with E-state index in [1.807, 2.05) is 0 Å². The molecule has 22 heavy (non-hydrogen) atoms. The number of hydrogen-bond donors (Lipinski definition) is 2. The number of hydrogen-bond acceptors (Lipinski definition) is 4. The molecule has 0 bridgehead atoms. The van der Waals surface area contributed by atoms with Crippen molar-refractivity contribution in [2.75, 3.05) is 0 Å². The minimum atomic E-state index is -0.885. The Morgan fingerprint density at radius 3 is 2.68 bits per heavy atom. The minimum Gasteiger partial charge on any atom is -0.481 e. The van der Waals surface area contributed by atoms with Gasteiger partial charge in [-0.3, -0.25) is 9.59 Å². The van der Waals surface area contributed by atoms with E-state index >= 15 is 0 Å². The molecular weight excluding hydrogens is 284 g/mol. The topological polar surface area (TPSA) is 88.5 Å². The fourth-order valence-corrected chi connectivity index (χ4v) is 2.83. The Kier molecular flexibility index (Phi) is 4.00. The molecule has 0 aromatic carbocycles. The second-order valence-electron chi connectivity index (χ2n) is 6.21. The molecule has 0 spiro atoms. The molecule has 2 fully saturated rings. The lowest BCUT2D eigenvalue weighted by atomic mass is 9.74. The highest BCUT2D eigenvalue weighted by Crippen LogP contribution is 2.35. The highest BCUT2D eigenvalue weighted by molar-refractivity contribution is 5.95. The third kappa shape index (κ3) is 3.21. The highest BCUT2D eigenvalue weighted by atomic mass is 16.5. The van der Waals surface area contributed by atoms with Gasteiger partial charge in [-0.15, -0.1) is 0 Å². The number of carboxylic acid groups (broad SMARTS) is 1. The number of aromatic nitrogens is 1. The molecule has 0 saturated heterocycles. The smallest absolute Gasteiger partial charge is 0.305 e. The first kappa shape index (κ1) is 14.8. The van der Waals surface area contributed by atoms with Gasteiger partial charge in [0.2, 0.25) is 5.88 Å². The van der Waals surface area contributed by atoms with Gasteiger partial charge in [0.25, 0.3) is 5.91 Å². The summed E-state index contributed by atoms with van der Waals surface area (Å²) >= 11 is 0. The molecular formula is C16H20N2O4. The van der Waals surface area contributed by atoms with Crippen LogP contribution in [0.25, 0.3) is 0 Å². The average Bonchev–Trinajstić information content (AvgIpc) is 2.40. The van der Waals surface area contributed by atoms with Crippen LogP contribution in [0.4, 0.5) is 0 Å². The predicted molar refractivity (Wildman–Crippen MR) is 78.8 cm³/mol. The molecule has 0 atom stereocenters. The second-order valence-corrected chi connectivity index (χ2v) is 6.21. The Balaban J connectivity index is 1.66. The number of nitrogens with zero attached hydrogens (tertiary/aromatic N) is 1. The lowest BCUT2D eigenvalue weighted by Crippen LogP contribution is -2.54. The van der Waals surface area contributed by atoms with E-state index in [-0.39, 0.29) is 18.4 Å². The number of carboxylic acids is 1. The van der Waals surface area contributed by atoms with Crippen LogP contribution in [0.3, 0.4) is 0 Å². The molecule has 1 aromatic heterocycles. The third-order valence-corrected chi connectivity index (χ3v) is 4.52. The number of pyridine rings is 1. The van der Waals surface area contributed by atoms with Gasteiger partial charge in [0.1, 0.15) is 6.10 Å². The minimum absolute atomic E-state index is 0.0325. The van der Waals surface area contributed by atoms with E-state index in [1.165, 1.54) is 6.42 Å². The molecule has 6 nitrogen and oxygen atoms in total. The maximum Gasteiger partial charge on any atom is 0.305 e. The van der Waals surface area contributed by atoms with Crippen molar-refractivity contribution >= 4 is 11.9 Å². The summed E-state index contributed by atoms with van der Waals surface area (Å²) in [7, 11) is 0. The summed E-state index contributed by atoms with van der Waals surface area (Å²) in [5, 5.41) is 11.9. The lowest BCUT2D eigenvalue weighted by molar-refractivity contribution is -0.139. The molecule has 0 unspecified atom stereocenters. The zero-order valence-corrected chi connectivity index (χ0v) is 12.4. The van der Waals surface area contributed by atoms with Crippen LogP contribution in [0.5, 0.6) is 5.88 Å². The van der Waals surface area contributed by atoms with Crippen molar-refractivity contribution in [3.05, 3.63) is 23.9 Å². The molecule has 0 aliphatic heterocycles. The van der Waals surface area contributed by atoms with Gasteiger partial charge in [-0.2, -0.15) is 0 Å². The largest absolute Gasteiger partial charge is 0.481 e. The van der Waals surface area contributed by atoms with E-state index in [9.17, 15) is 9.59 Å². The van der Waals surface area contributed by atoms with Crippen molar-refractivity contribution in [1.29, 1.82) is 0 Å². The van der Waals surface area contributed by atoms with E-state index in [0.717, 1.165) is 19.3 Å². The number of ether oxygens (including phenoxy) is 1. The van der Waals surface area contributed by atoms with Crippen molar-refractivity contribution in [1.82, 2.24) is 10.3 Å². The lowest BCUT2D eigenvalue weighted by Gasteiger charge is -2.41. The Hall–Kier alpha value is -2.11. The summed E-state index contributed by atoms with van der Waals surface area (Å²) in [5.74, 6) is -0.691. The number of aliphatic carboxylic acids is 1. The monoisotopic (exact) mass is 304 g/mol. The second kappa shape index (κ2) is 5.94. The normalized spacial score (nSPS) is 19.6. The van der Waals surface area contributed by atoms with Crippen LogP contribution in [-0.2, 0) is 4.79 Å². The third-order valence-electron chi connectivity index (χ3n) is 4.52. The molecule has 0 radical (unpaired) electrons. The van der Waals surface area contributed by atoms with Gasteiger partial charge in [0.15, 0.2) is 0 Å². The van der Waals surface area contributed by atoms with E-state index in [1.54, 1.807) is 18.3 Å². The molecule has 2 aliphatic rings. The molecule has 6 heteroatoms. The predicted octanol–water partition coefficient (Wildman–Crippen LogP) is 2.14. The first-order valence-electron chi connectivity index (χ1n) is 7.73. The van der Waals surface area contributed by atoms with Crippen molar-refractivity contribution in [3.63, 3.8) is 0 Å². The van der Waals surface area contributed by atoms with E-state index in [0.29, 0.717) is 24.3 Å². The number of rotatable bonds is 6. The molecule has 2 N–H and O–H groups in total. The van der Waals surface area contributed by atoms with Crippen molar-refractivity contribution < 1.29 is 19.4 Å². The molecule has 1 aromatic rings. The number of carbonyl (C=O) groups excluding carboxylic acids is 1. The summed E-state index contributed by atoms with van der Waals surface area (Å²) in [6.07, 6.45) is 7.31. The number of amides is 1. The van der Waals surface area contributed by atoms with Crippen molar-refractivity contribution in [2.24, 2.45) is 0 Å². The van der Waals surface area contributed by atoms with Gasteiger partial charge >= 0.3 is 5.97 Å². The molecule has 1 amide bonds. The Morgan fingerprint density at radius 2 is 2.14 bits per heavy atom. The van der Waals surface area contributed by atoms with Gasteiger partial charge < -0.3 is 15.2 Å². The first-order valence-corrected chi connectivity index (χ1v) is 7.73. The fourth-order valence-electron chi connectivity index (χ4n) is 2.83. The molecule has 3 rings (SSSR count). The molecule has 2 aliphatic carbocycles. The number of nitrogens with one attached hydrogen (secondary N) is 1.